The molecule has 4 rings (SSSR count). The lowest BCUT2D eigenvalue weighted by Crippen LogP contribution is -2.28. The number of nitrogens with one attached hydrogen (secondary N) is 1. The fourth-order valence-corrected chi connectivity index (χ4v) is 3.16. The quantitative estimate of drug-likeness (QED) is 0.224. The van der Waals surface area contributed by atoms with Gasteiger partial charge in [-0.3, -0.25) is 14.9 Å². The fraction of sp³-hybridized carbons (Fsp3) is 0.182. The Morgan fingerprint density at radius 3 is 2.56 bits per heavy atom. The third-order valence-electron chi connectivity index (χ3n) is 4.86. The maximum absolute atomic E-state index is 12.2. The Hall–Kier alpha value is -4.74. The molecule has 1 amide bonds. The zero-order valence-electron chi connectivity index (χ0n) is 18.3. The van der Waals surface area contributed by atoms with Crippen LogP contribution in [0.3, 0.4) is 0 Å². The summed E-state index contributed by atoms with van der Waals surface area (Å²) in [6.45, 7) is 0.353. The first-order valence-electron chi connectivity index (χ1n) is 10.1. The predicted molar refractivity (Wildman–Crippen MR) is 120 cm³/mol. The van der Waals surface area contributed by atoms with E-state index in [-0.39, 0.29) is 24.7 Å². The number of carbonyl (C=O) groups is 1. The molecule has 0 spiro atoms. The van der Waals surface area contributed by atoms with Gasteiger partial charge in [-0.2, -0.15) is 4.52 Å². The van der Waals surface area contributed by atoms with E-state index < -0.39 is 4.92 Å². The summed E-state index contributed by atoms with van der Waals surface area (Å²) in [5.74, 6) is 1.59. The second-order valence-corrected chi connectivity index (χ2v) is 6.94. The van der Waals surface area contributed by atoms with Gasteiger partial charge in [0.05, 0.1) is 31.3 Å². The van der Waals surface area contributed by atoms with Crippen LogP contribution in [0.2, 0.25) is 0 Å². The van der Waals surface area contributed by atoms with Crippen LogP contribution in [0.25, 0.3) is 17.0 Å². The van der Waals surface area contributed by atoms with Crippen LogP contribution in [-0.4, -0.2) is 58.0 Å². The van der Waals surface area contributed by atoms with E-state index in [9.17, 15) is 14.9 Å². The summed E-state index contributed by atoms with van der Waals surface area (Å²) < 4.78 is 17.9. The fourth-order valence-electron chi connectivity index (χ4n) is 3.16. The van der Waals surface area contributed by atoms with Gasteiger partial charge in [0.25, 0.3) is 11.6 Å². The molecule has 0 saturated heterocycles. The van der Waals surface area contributed by atoms with E-state index in [0.717, 1.165) is 0 Å². The van der Waals surface area contributed by atoms with Crippen LogP contribution < -0.4 is 19.5 Å². The number of nitro groups is 1. The van der Waals surface area contributed by atoms with E-state index >= 15 is 0 Å². The number of non-ortho nitro benzene ring substituents is 1. The number of aromatic nitrogens is 4. The molecular formula is C22H20N6O6. The third-order valence-corrected chi connectivity index (χ3v) is 4.86. The van der Waals surface area contributed by atoms with Crippen molar-refractivity contribution >= 4 is 17.2 Å². The molecule has 0 fully saturated rings. The molecule has 174 valence electrons. The maximum atomic E-state index is 12.2. The van der Waals surface area contributed by atoms with Gasteiger partial charge in [-0.15, -0.1) is 15.3 Å². The highest BCUT2D eigenvalue weighted by Crippen LogP contribution is 2.32. The molecule has 0 unspecified atom stereocenters. The highest BCUT2D eigenvalue weighted by molar-refractivity contribution is 5.94. The Kier molecular flexibility index (Phi) is 6.48. The number of amides is 1. The molecule has 1 N–H and O–H groups in total. The molecule has 0 atom stereocenters. The third kappa shape index (κ3) is 4.70. The Balaban J connectivity index is 1.43. The Bertz CT molecular complexity index is 1340. The molecule has 4 aromatic rings. The van der Waals surface area contributed by atoms with Crippen molar-refractivity contribution in [2.24, 2.45) is 0 Å². The van der Waals surface area contributed by atoms with Gasteiger partial charge in [0, 0.05) is 23.8 Å². The molecule has 0 bridgehead atoms. The topological polar surface area (TPSA) is 143 Å². The Labute approximate surface area is 193 Å². The van der Waals surface area contributed by atoms with E-state index in [1.54, 1.807) is 44.6 Å². The average molecular weight is 464 g/mol. The minimum atomic E-state index is -0.523. The van der Waals surface area contributed by atoms with E-state index in [0.29, 0.717) is 40.0 Å². The molecule has 0 aliphatic carbocycles. The van der Waals surface area contributed by atoms with E-state index in [2.05, 4.69) is 20.6 Å². The molecule has 0 radical (unpaired) electrons. The zero-order chi connectivity index (χ0) is 24.1. The molecular weight excluding hydrogens is 444 g/mol. The maximum Gasteiger partial charge on any atom is 0.269 e. The van der Waals surface area contributed by atoms with Crippen molar-refractivity contribution in [3.63, 3.8) is 0 Å². The van der Waals surface area contributed by atoms with Gasteiger partial charge in [0.15, 0.2) is 11.5 Å². The number of hydrogen-bond donors (Lipinski definition) is 1. The first kappa shape index (κ1) is 22.5. The number of hydrogen-bond acceptors (Lipinski definition) is 9. The van der Waals surface area contributed by atoms with Gasteiger partial charge in [-0.05, 0) is 36.4 Å². The molecule has 2 heterocycles. The van der Waals surface area contributed by atoms with Crippen LogP contribution in [-0.2, 0) is 0 Å². The second-order valence-electron chi connectivity index (χ2n) is 6.94. The standard InChI is InChI=1S/C22H20N6O6/c1-32-16-7-8-18(33-2)17(13-16)21-25-24-19-9-10-20(26-27(19)21)34-12-11-23-22(29)14-3-5-15(6-4-14)28(30)31/h3-10,13H,11-12H2,1-2H3,(H,23,29). The van der Waals surface area contributed by atoms with Gasteiger partial charge in [-0.1, -0.05) is 0 Å². The molecule has 0 aliphatic heterocycles. The van der Waals surface area contributed by atoms with Crippen molar-refractivity contribution in [1.29, 1.82) is 0 Å². The van der Waals surface area contributed by atoms with E-state index in [1.807, 2.05) is 0 Å². The van der Waals surface area contributed by atoms with Gasteiger partial charge in [0.1, 0.15) is 18.1 Å². The van der Waals surface area contributed by atoms with Crippen LogP contribution in [0.15, 0.2) is 54.6 Å². The van der Waals surface area contributed by atoms with E-state index in [1.165, 1.54) is 28.8 Å². The number of methoxy groups -OCH3 is 2. The summed E-state index contributed by atoms with van der Waals surface area (Å²) in [5.41, 5.74) is 1.39. The molecule has 12 nitrogen and oxygen atoms in total. The van der Waals surface area contributed by atoms with E-state index in [4.69, 9.17) is 14.2 Å². The van der Waals surface area contributed by atoms with Crippen LogP contribution in [0.4, 0.5) is 5.69 Å². The van der Waals surface area contributed by atoms with Crippen molar-refractivity contribution in [2.75, 3.05) is 27.4 Å². The summed E-state index contributed by atoms with van der Waals surface area (Å²) in [7, 11) is 3.12. The minimum absolute atomic E-state index is 0.0822. The van der Waals surface area contributed by atoms with Gasteiger partial charge < -0.3 is 19.5 Å². The first-order valence-corrected chi connectivity index (χ1v) is 10.1. The van der Waals surface area contributed by atoms with Gasteiger partial charge in [-0.25, -0.2) is 0 Å². The van der Waals surface area contributed by atoms with Gasteiger partial charge in [0.2, 0.25) is 5.88 Å². The number of carbonyl (C=O) groups excluding carboxylic acids is 1. The van der Waals surface area contributed by atoms with Crippen LogP contribution in [0, 0.1) is 10.1 Å². The summed E-state index contributed by atoms with van der Waals surface area (Å²) in [6, 6.07) is 14.0. The Morgan fingerprint density at radius 1 is 1.06 bits per heavy atom. The lowest BCUT2D eigenvalue weighted by atomic mass is 10.2. The summed E-state index contributed by atoms with van der Waals surface area (Å²) in [5, 5.41) is 26.2. The molecule has 0 saturated carbocycles. The largest absolute Gasteiger partial charge is 0.497 e. The van der Waals surface area contributed by atoms with Gasteiger partial charge >= 0.3 is 0 Å². The number of nitro benzene ring substituents is 1. The number of benzene rings is 2. The second kappa shape index (κ2) is 9.81. The Morgan fingerprint density at radius 2 is 1.85 bits per heavy atom. The zero-order valence-corrected chi connectivity index (χ0v) is 18.3. The number of ether oxygens (including phenoxy) is 3. The smallest absolute Gasteiger partial charge is 0.269 e. The summed E-state index contributed by atoms with van der Waals surface area (Å²) in [6.07, 6.45) is 0. The molecule has 0 aliphatic rings. The molecule has 34 heavy (non-hydrogen) atoms. The van der Waals surface area contributed by atoms with Crippen molar-refractivity contribution in [1.82, 2.24) is 25.1 Å². The SMILES string of the molecule is COc1ccc(OC)c(-c2nnc3ccc(OCCNC(=O)c4ccc([N+](=O)[O-])cc4)nn23)c1. The summed E-state index contributed by atoms with van der Waals surface area (Å²) >= 11 is 0. The van der Waals surface area contributed by atoms with Crippen LogP contribution >= 0.6 is 0 Å². The lowest BCUT2D eigenvalue weighted by molar-refractivity contribution is -0.384. The first-order chi connectivity index (χ1) is 16.5. The normalized spacial score (nSPS) is 10.6. The number of rotatable bonds is 9. The number of fused-ring (bicyclic) bond motifs is 1. The molecule has 12 heteroatoms. The van der Waals surface area contributed by atoms with Crippen molar-refractivity contribution in [2.45, 2.75) is 0 Å². The lowest BCUT2D eigenvalue weighted by Gasteiger charge is -2.10. The van der Waals surface area contributed by atoms with Crippen molar-refractivity contribution in [3.05, 3.63) is 70.3 Å². The van der Waals surface area contributed by atoms with Crippen molar-refractivity contribution < 1.29 is 23.9 Å². The highest BCUT2D eigenvalue weighted by Gasteiger charge is 2.16. The van der Waals surface area contributed by atoms with Crippen LogP contribution in [0.5, 0.6) is 17.4 Å². The monoisotopic (exact) mass is 464 g/mol. The highest BCUT2D eigenvalue weighted by atomic mass is 16.6. The average Bonchev–Trinajstić information content (AvgIpc) is 3.29. The summed E-state index contributed by atoms with van der Waals surface area (Å²) in [4.78, 5) is 22.4. The predicted octanol–water partition coefficient (Wildman–Crippen LogP) is 2.53. The number of nitrogens with zero attached hydrogens (tertiary/aromatic N) is 5. The molecule has 2 aromatic carbocycles. The van der Waals surface area contributed by atoms with Crippen LogP contribution in [0.1, 0.15) is 10.4 Å². The molecule has 2 aromatic heterocycles. The minimum Gasteiger partial charge on any atom is -0.497 e. The van der Waals surface area contributed by atoms with Crippen molar-refractivity contribution in [3.8, 4) is 28.8 Å².